The van der Waals surface area contributed by atoms with Gasteiger partial charge < -0.3 is 5.32 Å². The first kappa shape index (κ1) is 17.1. The topological polar surface area (TPSA) is 73.9 Å². The molecule has 0 saturated carbocycles. The molecule has 6 nitrogen and oxygen atoms in total. The summed E-state index contributed by atoms with van der Waals surface area (Å²) in [5, 5.41) is 10.6. The Bertz CT molecular complexity index is 933. The highest BCUT2D eigenvalue weighted by Crippen LogP contribution is 2.21. The van der Waals surface area contributed by atoms with Crippen molar-refractivity contribution in [3.05, 3.63) is 53.3 Å². The number of hydrogen-bond donors (Lipinski definition) is 2. The van der Waals surface area contributed by atoms with E-state index in [9.17, 15) is 4.79 Å². The van der Waals surface area contributed by atoms with Crippen molar-refractivity contribution in [2.75, 3.05) is 29.9 Å². The van der Waals surface area contributed by atoms with Gasteiger partial charge >= 0.3 is 0 Å². The number of thioether (sulfide) groups is 1. The van der Waals surface area contributed by atoms with Crippen LogP contribution in [0.3, 0.4) is 0 Å². The van der Waals surface area contributed by atoms with Crippen molar-refractivity contribution in [3.63, 3.8) is 0 Å². The maximum Gasteiger partial charge on any atom is 0.257 e. The molecule has 26 heavy (non-hydrogen) atoms. The number of H-pyrrole nitrogens is 1. The molecule has 134 valence electrons. The lowest BCUT2D eigenvalue weighted by Gasteiger charge is -2.26. The van der Waals surface area contributed by atoms with Crippen molar-refractivity contribution in [1.82, 2.24) is 20.1 Å². The van der Waals surface area contributed by atoms with Gasteiger partial charge in [-0.1, -0.05) is 12.1 Å². The highest BCUT2D eigenvalue weighted by molar-refractivity contribution is 7.99. The zero-order valence-corrected chi connectivity index (χ0v) is 15.5. The second-order valence-corrected chi connectivity index (χ2v) is 7.75. The quantitative estimate of drug-likeness (QED) is 0.741. The molecular formula is C19H21N5OS. The first-order valence-electron chi connectivity index (χ1n) is 8.69. The Hall–Kier alpha value is -2.38. The predicted octanol–water partition coefficient (Wildman–Crippen LogP) is 3.07. The van der Waals surface area contributed by atoms with Crippen LogP contribution in [0, 0.1) is 6.92 Å². The molecule has 0 aliphatic carbocycles. The molecule has 3 heterocycles. The van der Waals surface area contributed by atoms with E-state index in [1.807, 2.05) is 18.7 Å². The van der Waals surface area contributed by atoms with Crippen molar-refractivity contribution >= 4 is 34.4 Å². The fourth-order valence-corrected chi connectivity index (χ4v) is 4.05. The first-order valence-corrected chi connectivity index (χ1v) is 9.84. The number of amides is 1. The van der Waals surface area contributed by atoms with Gasteiger partial charge in [-0.25, -0.2) is 4.98 Å². The second kappa shape index (κ2) is 7.47. The van der Waals surface area contributed by atoms with Crippen molar-refractivity contribution in [3.8, 4) is 0 Å². The molecule has 0 bridgehead atoms. The van der Waals surface area contributed by atoms with Crippen molar-refractivity contribution in [2.24, 2.45) is 0 Å². The minimum Gasteiger partial charge on any atom is -0.322 e. The SMILES string of the molecule is Cc1ccc(CN2CCSCC2)cc1NC(=O)c1cnc2[nH]ncc2c1. The standard InChI is InChI=1S/C19H21N5OS/c1-13-2-3-14(12-24-4-6-26-7-5-24)8-17(13)22-19(25)16-9-15-11-21-23-18(15)20-10-16/h2-3,8-11H,4-7,12H2,1H3,(H,22,25)(H,20,21,23). The third-order valence-electron chi connectivity index (χ3n) is 4.61. The Morgan fingerprint density at radius 2 is 2.12 bits per heavy atom. The molecule has 2 N–H and O–H groups in total. The average molecular weight is 367 g/mol. The number of aryl methyl sites for hydroxylation is 1. The summed E-state index contributed by atoms with van der Waals surface area (Å²) in [5.74, 6) is 2.23. The highest BCUT2D eigenvalue weighted by atomic mass is 32.2. The molecule has 1 saturated heterocycles. The van der Waals surface area contributed by atoms with E-state index in [4.69, 9.17) is 0 Å². The van der Waals surface area contributed by atoms with E-state index in [2.05, 4.69) is 43.6 Å². The van der Waals surface area contributed by atoms with Gasteiger partial charge in [0, 0.05) is 48.4 Å². The molecule has 0 radical (unpaired) electrons. The number of benzene rings is 1. The minimum absolute atomic E-state index is 0.157. The molecule has 1 fully saturated rings. The van der Waals surface area contributed by atoms with Crippen LogP contribution in [-0.4, -0.2) is 50.6 Å². The van der Waals surface area contributed by atoms with Crippen molar-refractivity contribution in [1.29, 1.82) is 0 Å². The van der Waals surface area contributed by atoms with E-state index >= 15 is 0 Å². The number of nitrogens with one attached hydrogen (secondary N) is 2. The molecule has 2 aromatic heterocycles. The van der Waals surface area contributed by atoms with E-state index in [0.717, 1.165) is 36.3 Å². The molecule has 0 spiro atoms. The third kappa shape index (κ3) is 3.73. The normalized spacial score (nSPS) is 15.3. The van der Waals surface area contributed by atoms with Gasteiger partial charge in [-0.3, -0.25) is 14.8 Å². The smallest absolute Gasteiger partial charge is 0.257 e. The van der Waals surface area contributed by atoms with Crippen LogP contribution >= 0.6 is 11.8 Å². The van der Waals surface area contributed by atoms with Crippen LogP contribution in [-0.2, 0) is 6.54 Å². The number of pyridine rings is 1. The van der Waals surface area contributed by atoms with Gasteiger partial charge in [-0.2, -0.15) is 16.9 Å². The third-order valence-corrected chi connectivity index (χ3v) is 5.56. The molecule has 1 aromatic carbocycles. The number of aromatic nitrogens is 3. The predicted molar refractivity (Wildman–Crippen MR) is 106 cm³/mol. The number of hydrogen-bond acceptors (Lipinski definition) is 5. The van der Waals surface area contributed by atoms with Crippen molar-refractivity contribution < 1.29 is 4.79 Å². The zero-order chi connectivity index (χ0) is 17.9. The highest BCUT2D eigenvalue weighted by Gasteiger charge is 2.13. The summed E-state index contributed by atoms with van der Waals surface area (Å²) in [6.07, 6.45) is 3.24. The molecule has 0 unspecified atom stereocenters. The van der Waals surface area contributed by atoms with Crippen LogP contribution in [0.15, 0.2) is 36.7 Å². The number of nitrogens with zero attached hydrogens (tertiary/aromatic N) is 3. The number of carbonyl (C=O) groups is 1. The van der Waals surface area contributed by atoms with Crippen LogP contribution in [0.2, 0.25) is 0 Å². The van der Waals surface area contributed by atoms with E-state index in [0.29, 0.717) is 11.2 Å². The van der Waals surface area contributed by atoms with E-state index in [-0.39, 0.29) is 5.91 Å². The van der Waals surface area contributed by atoms with Gasteiger partial charge in [0.15, 0.2) is 5.65 Å². The summed E-state index contributed by atoms with van der Waals surface area (Å²) in [5.41, 5.74) is 4.33. The molecule has 3 aromatic rings. The second-order valence-electron chi connectivity index (χ2n) is 6.52. The molecule has 1 aliphatic rings. The summed E-state index contributed by atoms with van der Waals surface area (Å²) >= 11 is 2.01. The van der Waals surface area contributed by atoms with E-state index < -0.39 is 0 Å². The molecule has 0 atom stereocenters. The van der Waals surface area contributed by atoms with Crippen LogP contribution in [0.5, 0.6) is 0 Å². The summed E-state index contributed by atoms with van der Waals surface area (Å²) < 4.78 is 0. The summed E-state index contributed by atoms with van der Waals surface area (Å²) in [6.45, 7) is 5.17. The Morgan fingerprint density at radius 1 is 1.27 bits per heavy atom. The molecular weight excluding hydrogens is 346 g/mol. The number of aromatic amines is 1. The van der Waals surface area contributed by atoms with Crippen molar-refractivity contribution in [2.45, 2.75) is 13.5 Å². The monoisotopic (exact) mass is 367 g/mol. The van der Waals surface area contributed by atoms with Gasteiger partial charge in [0.05, 0.1) is 11.8 Å². The lowest BCUT2D eigenvalue weighted by Crippen LogP contribution is -2.32. The number of fused-ring (bicyclic) bond motifs is 1. The van der Waals surface area contributed by atoms with Crippen LogP contribution in [0.4, 0.5) is 5.69 Å². The lowest BCUT2D eigenvalue weighted by atomic mass is 10.1. The van der Waals surface area contributed by atoms with Gasteiger partial charge in [0.2, 0.25) is 0 Å². The number of carbonyl (C=O) groups excluding carboxylic acids is 1. The summed E-state index contributed by atoms with van der Waals surface area (Å²) in [7, 11) is 0. The molecule has 4 rings (SSSR count). The minimum atomic E-state index is -0.157. The first-order chi connectivity index (χ1) is 12.7. The molecule has 7 heteroatoms. The Morgan fingerprint density at radius 3 is 2.96 bits per heavy atom. The van der Waals surface area contributed by atoms with Gasteiger partial charge in [-0.05, 0) is 30.2 Å². The van der Waals surface area contributed by atoms with Gasteiger partial charge in [0.1, 0.15) is 0 Å². The molecule has 1 amide bonds. The fourth-order valence-electron chi connectivity index (χ4n) is 3.07. The van der Waals surface area contributed by atoms with Crippen LogP contribution in [0.25, 0.3) is 11.0 Å². The summed E-state index contributed by atoms with van der Waals surface area (Å²) in [6, 6.07) is 8.09. The van der Waals surface area contributed by atoms with Crippen LogP contribution < -0.4 is 5.32 Å². The van der Waals surface area contributed by atoms with E-state index in [1.54, 1.807) is 18.5 Å². The number of rotatable bonds is 4. The average Bonchev–Trinajstić information content (AvgIpc) is 3.13. The Balaban J connectivity index is 1.50. The van der Waals surface area contributed by atoms with Gasteiger partial charge in [-0.15, -0.1) is 0 Å². The zero-order valence-electron chi connectivity index (χ0n) is 14.7. The molecule has 1 aliphatic heterocycles. The Kier molecular flexibility index (Phi) is 4.90. The lowest BCUT2D eigenvalue weighted by molar-refractivity contribution is 0.102. The number of anilines is 1. The maximum atomic E-state index is 12.6. The fraction of sp³-hybridized carbons (Fsp3) is 0.316. The van der Waals surface area contributed by atoms with E-state index in [1.165, 1.54) is 17.1 Å². The maximum absolute atomic E-state index is 12.6. The van der Waals surface area contributed by atoms with Gasteiger partial charge in [0.25, 0.3) is 5.91 Å². The summed E-state index contributed by atoms with van der Waals surface area (Å²) in [4.78, 5) is 19.3. The van der Waals surface area contributed by atoms with Crippen LogP contribution in [0.1, 0.15) is 21.5 Å². The Labute approximate surface area is 156 Å². The largest absolute Gasteiger partial charge is 0.322 e.